The average Bonchev–Trinajstić information content (AvgIpc) is 2.59. The molecule has 1 aromatic rings. The SMILES string of the molecule is Cc1cccc(O[C@@H]2CCC[C@H](NCCN3CCOCC3)[C@H]2O)c1. The molecule has 5 nitrogen and oxygen atoms in total. The Balaban J connectivity index is 1.46. The second-order valence-electron chi connectivity index (χ2n) is 6.91. The standard InChI is InChI=1S/C19H30N2O3/c1-15-4-2-5-16(14-15)24-18-7-3-6-17(19(18)22)20-8-9-21-10-12-23-13-11-21/h2,4-5,14,17-20,22H,3,6-13H2,1H3/t17-,18+,19+/m0/s1. The van der Waals surface area contributed by atoms with Crippen molar-refractivity contribution in [1.82, 2.24) is 10.2 Å². The topological polar surface area (TPSA) is 54.0 Å². The van der Waals surface area contributed by atoms with Crippen molar-refractivity contribution >= 4 is 0 Å². The van der Waals surface area contributed by atoms with Gasteiger partial charge in [-0.1, -0.05) is 12.1 Å². The molecule has 134 valence electrons. The van der Waals surface area contributed by atoms with Gasteiger partial charge < -0.3 is 19.9 Å². The fourth-order valence-electron chi connectivity index (χ4n) is 3.59. The normalized spacial score (nSPS) is 28.7. The van der Waals surface area contributed by atoms with Crippen LogP contribution in [-0.4, -0.2) is 67.6 Å². The van der Waals surface area contributed by atoms with Gasteiger partial charge in [0.2, 0.25) is 0 Å². The minimum atomic E-state index is -0.455. The highest BCUT2D eigenvalue weighted by molar-refractivity contribution is 5.27. The molecule has 1 aliphatic heterocycles. The molecular formula is C19H30N2O3. The van der Waals surface area contributed by atoms with E-state index in [1.165, 1.54) is 5.56 Å². The zero-order valence-corrected chi connectivity index (χ0v) is 14.6. The molecule has 1 saturated carbocycles. The van der Waals surface area contributed by atoms with Crippen LogP contribution in [0.4, 0.5) is 0 Å². The molecule has 3 rings (SSSR count). The van der Waals surface area contributed by atoms with E-state index in [9.17, 15) is 5.11 Å². The van der Waals surface area contributed by atoms with E-state index in [1.54, 1.807) is 0 Å². The Morgan fingerprint density at radius 2 is 2.12 bits per heavy atom. The number of nitrogens with zero attached hydrogens (tertiary/aromatic N) is 1. The molecule has 0 aromatic heterocycles. The number of morpholine rings is 1. The van der Waals surface area contributed by atoms with Crippen molar-refractivity contribution < 1.29 is 14.6 Å². The number of ether oxygens (including phenoxy) is 2. The molecule has 24 heavy (non-hydrogen) atoms. The molecule has 2 aliphatic rings. The van der Waals surface area contributed by atoms with E-state index < -0.39 is 6.10 Å². The van der Waals surface area contributed by atoms with E-state index in [0.29, 0.717) is 0 Å². The summed E-state index contributed by atoms with van der Waals surface area (Å²) in [6.45, 7) is 7.65. The molecule has 5 heteroatoms. The summed E-state index contributed by atoms with van der Waals surface area (Å²) in [6.07, 6.45) is 2.43. The van der Waals surface area contributed by atoms with Crippen LogP contribution in [0.15, 0.2) is 24.3 Å². The lowest BCUT2D eigenvalue weighted by atomic mass is 9.90. The summed E-state index contributed by atoms with van der Waals surface area (Å²) >= 11 is 0. The van der Waals surface area contributed by atoms with E-state index in [2.05, 4.69) is 23.2 Å². The van der Waals surface area contributed by atoms with Gasteiger partial charge in [0, 0.05) is 32.2 Å². The Kier molecular flexibility index (Phi) is 6.49. The fraction of sp³-hybridized carbons (Fsp3) is 0.684. The highest BCUT2D eigenvalue weighted by Crippen LogP contribution is 2.25. The van der Waals surface area contributed by atoms with Crippen LogP contribution >= 0.6 is 0 Å². The van der Waals surface area contributed by atoms with Crippen molar-refractivity contribution in [2.24, 2.45) is 0 Å². The van der Waals surface area contributed by atoms with Gasteiger partial charge in [-0.05, 0) is 43.9 Å². The van der Waals surface area contributed by atoms with Gasteiger partial charge in [-0.2, -0.15) is 0 Å². The first-order chi connectivity index (χ1) is 11.7. The number of rotatable bonds is 6. The minimum absolute atomic E-state index is 0.120. The first kappa shape index (κ1) is 17.7. The second-order valence-corrected chi connectivity index (χ2v) is 6.91. The molecule has 1 aliphatic carbocycles. The zero-order valence-electron chi connectivity index (χ0n) is 14.6. The van der Waals surface area contributed by atoms with Crippen molar-refractivity contribution in [3.63, 3.8) is 0 Å². The molecule has 0 radical (unpaired) electrons. The molecule has 0 unspecified atom stereocenters. The van der Waals surface area contributed by atoms with Crippen molar-refractivity contribution in [2.75, 3.05) is 39.4 Å². The summed E-state index contributed by atoms with van der Waals surface area (Å²) in [6, 6.07) is 8.17. The number of aliphatic hydroxyl groups is 1. The predicted molar refractivity (Wildman–Crippen MR) is 94.5 cm³/mol. The lowest BCUT2D eigenvalue weighted by molar-refractivity contribution is -0.0167. The van der Waals surface area contributed by atoms with Crippen LogP contribution in [0.25, 0.3) is 0 Å². The molecule has 1 saturated heterocycles. The number of nitrogens with one attached hydrogen (secondary N) is 1. The van der Waals surface area contributed by atoms with E-state index in [0.717, 1.165) is 64.4 Å². The lowest BCUT2D eigenvalue weighted by Gasteiger charge is -2.36. The van der Waals surface area contributed by atoms with Crippen LogP contribution in [0.5, 0.6) is 5.75 Å². The number of hydrogen-bond acceptors (Lipinski definition) is 5. The van der Waals surface area contributed by atoms with Gasteiger partial charge in [0.25, 0.3) is 0 Å². The van der Waals surface area contributed by atoms with E-state index in [1.807, 2.05) is 18.2 Å². The van der Waals surface area contributed by atoms with Crippen molar-refractivity contribution in [2.45, 2.75) is 44.4 Å². The second kappa shape index (κ2) is 8.81. The van der Waals surface area contributed by atoms with Crippen LogP contribution in [0.1, 0.15) is 24.8 Å². The molecular weight excluding hydrogens is 304 g/mol. The number of aryl methyl sites for hydroxylation is 1. The van der Waals surface area contributed by atoms with E-state index in [4.69, 9.17) is 9.47 Å². The van der Waals surface area contributed by atoms with Crippen LogP contribution < -0.4 is 10.1 Å². The van der Waals surface area contributed by atoms with Gasteiger partial charge >= 0.3 is 0 Å². The zero-order chi connectivity index (χ0) is 16.8. The van der Waals surface area contributed by atoms with Gasteiger partial charge in [-0.15, -0.1) is 0 Å². The molecule has 1 aromatic carbocycles. The van der Waals surface area contributed by atoms with Gasteiger partial charge in [0.05, 0.1) is 13.2 Å². The summed E-state index contributed by atoms with van der Waals surface area (Å²) in [4.78, 5) is 2.41. The van der Waals surface area contributed by atoms with Gasteiger partial charge in [-0.25, -0.2) is 0 Å². The summed E-state index contributed by atoms with van der Waals surface area (Å²) in [7, 11) is 0. The van der Waals surface area contributed by atoms with E-state index in [-0.39, 0.29) is 12.1 Å². The number of benzene rings is 1. The monoisotopic (exact) mass is 334 g/mol. The number of aliphatic hydroxyl groups excluding tert-OH is 1. The quantitative estimate of drug-likeness (QED) is 0.827. The Labute approximate surface area is 144 Å². The minimum Gasteiger partial charge on any atom is -0.488 e. The Morgan fingerprint density at radius 3 is 2.92 bits per heavy atom. The van der Waals surface area contributed by atoms with Crippen LogP contribution in [-0.2, 0) is 4.74 Å². The summed E-state index contributed by atoms with van der Waals surface area (Å²) in [5.74, 6) is 0.855. The Morgan fingerprint density at radius 1 is 1.29 bits per heavy atom. The maximum absolute atomic E-state index is 10.7. The van der Waals surface area contributed by atoms with Crippen LogP contribution in [0.2, 0.25) is 0 Å². The maximum atomic E-state index is 10.7. The molecule has 0 bridgehead atoms. The Hall–Kier alpha value is -1.14. The van der Waals surface area contributed by atoms with Crippen LogP contribution in [0.3, 0.4) is 0 Å². The van der Waals surface area contributed by atoms with E-state index >= 15 is 0 Å². The predicted octanol–water partition coefficient (Wildman–Crippen LogP) is 1.58. The third kappa shape index (κ3) is 4.93. The summed E-state index contributed by atoms with van der Waals surface area (Å²) < 4.78 is 11.4. The molecule has 2 fully saturated rings. The summed E-state index contributed by atoms with van der Waals surface area (Å²) in [5, 5.41) is 14.2. The lowest BCUT2D eigenvalue weighted by Crippen LogP contribution is -2.52. The highest BCUT2D eigenvalue weighted by Gasteiger charge is 2.33. The van der Waals surface area contributed by atoms with Gasteiger partial charge in [-0.3, -0.25) is 4.90 Å². The third-order valence-corrected chi connectivity index (χ3v) is 5.01. The smallest absolute Gasteiger partial charge is 0.126 e. The maximum Gasteiger partial charge on any atom is 0.126 e. The molecule has 3 atom stereocenters. The fourth-order valence-corrected chi connectivity index (χ4v) is 3.59. The highest BCUT2D eigenvalue weighted by atomic mass is 16.5. The first-order valence-corrected chi connectivity index (χ1v) is 9.17. The van der Waals surface area contributed by atoms with Crippen molar-refractivity contribution in [3.8, 4) is 5.75 Å². The van der Waals surface area contributed by atoms with Gasteiger partial charge in [0.15, 0.2) is 0 Å². The van der Waals surface area contributed by atoms with Crippen LogP contribution in [0, 0.1) is 6.92 Å². The average molecular weight is 334 g/mol. The van der Waals surface area contributed by atoms with Gasteiger partial charge in [0.1, 0.15) is 18.0 Å². The number of hydrogen-bond donors (Lipinski definition) is 2. The molecule has 2 N–H and O–H groups in total. The molecule has 1 heterocycles. The largest absolute Gasteiger partial charge is 0.488 e. The first-order valence-electron chi connectivity index (χ1n) is 9.17. The molecule has 0 amide bonds. The third-order valence-electron chi connectivity index (χ3n) is 5.01. The summed E-state index contributed by atoms with van der Waals surface area (Å²) in [5.41, 5.74) is 1.18. The van der Waals surface area contributed by atoms with Crippen molar-refractivity contribution in [1.29, 1.82) is 0 Å². The molecule has 0 spiro atoms. The Bertz CT molecular complexity index is 505. The van der Waals surface area contributed by atoms with Crippen molar-refractivity contribution in [3.05, 3.63) is 29.8 Å².